The molecule has 1 fully saturated rings. The monoisotopic (exact) mass is 468 g/mol. The average Bonchev–Trinajstić information content (AvgIpc) is 3.22. The lowest BCUT2D eigenvalue weighted by Crippen LogP contribution is -2.43. The topological polar surface area (TPSA) is 76.5 Å². The van der Waals surface area contributed by atoms with Crippen LogP contribution in [-0.4, -0.2) is 46.7 Å². The molecule has 1 aliphatic carbocycles. The fourth-order valence-corrected chi connectivity index (χ4v) is 4.39. The van der Waals surface area contributed by atoms with Crippen molar-refractivity contribution in [2.24, 2.45) is 11.8 Å². The van der Waals surface area contributed by atoms with Gasteiger partial charge in [0.25, 0.3) is 0 Å². The smallest absolute Gasteiger partial charge is 0.245 e. The first-order valence-electron chi connectivity index (χ1n) is 12.4. The molecule has 0 radical (unpaired) electrons. The summed E-state index contributed by atoms with van der Waals surface area (Å²) in [5, 5.41) is 7.80. The number of aromatic nitrogens is 2. The quantitative estimate of drug-likeness (QED) is 0.579. The summed E-state index contributed by atoms with van der Waals surface area (Å²) in [5.74, 6) is 1.58. The van der Waals surface area contributed by atoms with Crippen LogP contribution in [0.25, 0.3) is 5.69 Å². The second-order valence-electron chi connectivity index (χ2n) is 10.8. The number of amides is 2. The molecule has 2 aromatic rings. The molecule has 1 aliphatic rings. The van der Waals surface area contributed by atoms with Crippen molar-refractivity contribution in [3.63, 3.8) is 0 Å². The van der Waals surface area contributed by atoms with Gasteiger partial charge in [-0.05, 0) is 43.0 Å². The van der Waals surface area contributed by atoms with E-state index in [-0.39, 0.29) is 35.6 Å². The highest BCUT2D eigenvalue weighted by Gasteiger charge is 2.28. The molecule has 0 unspecified atom stereocenters. The highest BCUT2D eigenvalue weighted by atomic mass is 16.5. The molecule has 7 heteroatoms. The van der Waals surface area contributed by atoms with Gasteiger partial charge in [0, 0.05) is 23.9 Å². The summed E-state index contributed by atoms with van der Waals surface area (Å²) in [6.45, 7) is 11.0. The number of carbonyl (C=O) groups is 2. The van der Waals surface area contributed by atoms with Gasteiger partial charge in [0.15, 0.2) is 0 Å². The minimum atomic E-state index is -0.208. The number of methoxy groups -OCH3 is 1. The van der Waals surface area contributed by atoms with Crippen LogP contribution in [0.1, 0.15) is 72.4 Å². The molecule has 2 amide bonds. The Hall–Kier alpha value is -2.83. The van der Waals surface area contributed by atoms with Crippen molar-refractivity contribution in [3.05, 3.63) is 36.0 Å². The maximum atomic E-state index is 13.2. The predicted octanol–water partition coefficient (Wildman–Crippen LogP) is 5.18. The van der Waals surface area contributed by atoms with Crippen LogP contribution in [0.4, 0.5) is 5.82 Å². The standard InChI is InChI=1S/C27H40N4O3/c1-19(2)17-30(26(33)20-10-8-7-9-11-20)18-25(32)28-24-16-23(27(3,4)5)29-31(24)21-12-14-22(34-6)15-13-21/h12-16,19-20H,7-11,17-18H2,1-6H3,(H,28,32). The van der Waals surface area contributed by atoms with Crippen molar-refractivity contribution in [2.45, 2.75) is 72.1 Å². The summed E-state index contributed by atoms with van der Waals surface area (Å²) < 4.78 is 7.01. The first-order valence-corrected chi connectivity index (χ1v) is 12.4. The molecule has 1 heterocycles. The SMILES string of the molecule is COc1ccc(-n2nc(C(C)(C)C)cc2NC(=O)CN(CC(C)C)C(=O)C2CCCCC2)cc1. The van der Waals surface area contributed by atoms with Crippen molar-refractivity contribution in [1.82, 2.24) is 14.7 Å². The third kappa shape index (κ3) is 6.61. The molecule has 1 N–H and O–H groups in total. The lowest BCUT2D eigenvalue weighted by atomic mass is 9.88. The van der Waals surface area contributed by atoms with Crippen molar-refractivity contribution in [3.8, 4) is 11.4 Å². The normalized spacial score (nSPS) is 14.8. The molecule has 0 atom stereocenters. The number of nitrogens with one attached hydrogen (secondary N) is 1. The molecular formula is C27H40N4O3. The van der Waals surface area contributed by atoms with E-state index in [1.54, 1.807) is 16.7 Å². The van der Waals surface area contributed by atoms with E-state index in [2.05, 4.69) is 39.9 Å². The van der Waals surface area contributed by atoms with Crippen LogP contribution < -0.4 is 10.1 Å². The number of anilines is 1. The van der Waals surface area contributed by atoms with Gasteiger partial charge in [-0.15, -0.1) is 0 Å². The van der Waals surface area contributed by atoms with Crippen molar-refractivity contribution < 1.29 is 14.3 Å². The van der Waals surface area contributed by atoms with Crippen LogP contribution in [0.2, 0.25) is 0 Å². The Bertz CT molecular complexity index is 967. The van der Waals surface area contributed by atoms with Gasteiger partial charge in [-0.2, -0.15) is 5.10 Å². The summed E-state index contributed by atoms with van der Waals surface area (Å²) in [6, 6.07) is 9.47. The van der Waals surface area contributed by atoms with E-state index >= 15 is 0 Å². The maximum Gasteiger partial charge on any atom is 0.245 e. The Kier molecular flexibility index (Phi) is 8.39. The summed E-state index contributed by atoms with van der Waals surface area (Å²) >= 11 is 0. The first kappa shape index (κ1) is 25.8. The second-order valence-corrected chi connectivity index (χ2v) is 10.8. The van der Waals surface area contributed by atoms with Crippen LogP contribution >= 0.6 is 0 Å². The Morgan fingerprint density at radius 3 is 2.35 bits per heavy atom. The van der Waals surface area contributed by atoms with Gasteiger partial charge >= 0.3 is 0 Å². The Labute approximate surface area is 203 Å². The number of hydrogen-bond acceptors (Lipinski definition) is 4. The molecule has 34 heavy (non-hydrogen) atoms. The maximum absolute atomic E-state index is 13.2. The molecule has 1 aromatic carbocycles. The Morgan fingerprint density at radius 2 is 1.79 bits per heavy atom. The zero-order chi connectivity index (χ0) is 24.9. The molecule has 0 aliphatic heterocycles. The van der Waals surface area contributed by atoms with Crippen molar-refractivity contribution in [1.29, 1.82) is 0 Å². The van der Waals surface area contributed by atoms with E-state index in [1.165, 1.54) is 6.42 Å². The lowest BCUT2D eigenvalue weighted by Gasteiger charge is -2.30. The molecule has 3 rings (SSSR count). The number of nitrogens with zero attached hydrogens (tertiary/aromatic N) is 3. The molecule has 1 aromatic heterocycles. The van der Waals surface area contributed by atoms with E-state index in [4.69, 9.17) is 9.84 Å². The van der Waals surface area contributed by atoms with Crippen LogP contribution in [0.3, 0.4) is 0 Å². The number of carbonyl (C=O) groups excluding carboxylic acids is 2. The van der Waals surface area contributed by atoms with E-state index in [0.717, 1.165) is 42.8 Å². The zero-order valence-electron chi connectivity index (χ0n) is 21.6. The fraction of sp³-hybridized carbons (Fsp3) is 0.593. The molecule has 0 spiro atoms. The molecule has 1 saturated carbocycles. The van der Waals surface area contributed by atoms with Crippen LogP contribution in [0, 0.1) is 11.8 Å². The van der Waals surface area contributed by atoms with Gasteiger partial charge in [-0.25, -0.2) is 4.68 Å². The largest absolute Gasteiger partial charge is 0.497 e. The summed E-state index contributed by atoms with van der Waals surface area (Å²) in [6.07, 6.45) is 5.23. The van der Waals surface area contributed by atoms with Gasteiger partial charge in [0.2, 0.25) is 11.8 Å². The molecule has 0 saturated heterocycles. The first-order chi connectivity index (χ1) is 16.1. The number of rotatable bonds is 8. The lowest BCUT2D eigenvalue weighted by molar-refractivity contribution is -0.139. The van der Waals surface area contributed by atoms with E-state index in [1.807, 2.05) is 30.3 Å². The minimum absolute atomic E-state index is 0.0395. The number of benzene rings is 1. The second kappa shape index (κ2) is 11.1. The van der Waals surface area contributed by atoms with Crippen LogP contribution in [0.15, 0.2) is 30.3 Å². The molecule has 7 nitrogen and oxygen atoms in total. The van der Waals surface area contributed by atoms with Gasteiger partial charge < -0.3 is 15.0 Å². The molecule has 0 bridgehead atoms. The highest BCUT2D eigenvalue weighted by Crippen LogP contribution is 2.28. The molecule has 186 valence electrons. The van der Waals surface area contributed by atoms with E-state index < -0.39 is 0 Å². The summed E-state index contributed by atoms with van der Waals surface area (Å²) in [5.41, 5.74) is 1.51. The van der Waals surface area contributed by atoms with Crippen LogP contribution in [0.5, 0.6) is 5.75 Å². The zero-order valence-corrected chi connectivity index (χ0v) is 21.6. The van der Waals surface area contributed by atoms with Gasteiger partial charge in [-0.1, -0.05) is 53.9 Å². The predicted molar refractivity (Wildman–Crippen MR) is 135 cm³/mol. The third-order valence-electron chi connectivity index (χ3n) is 6.25. The van der Waals surface area contributed by atoms with E-state index in [9.17, 15) is 9.59 Å². The van der Waals surface area contributed by atoms with Crippen LogP contribution in [-0.2, 0) is 15.0 Å². The average molecular weight is 469 g/mol. The van der Waals surface area contributed by atoms with E-state index in [0.29, 0.717) is 12.4 Å². The Morgan fingerprint density at radius 1 is 1.15 bits per heavy atom. The number of hydrogen-bond donors (Lipinski definition) is 1. The summed E-state index contributed by atoms with van der Waals surface area (Å²) in [7, 11) is 1.63. The van der Waals surface area contributed by atoms with Gasteiger partial charge in [0.1, 0.15) is 11.6 Å². The minimum Gasteiger partial charge on any atom is -0.497 e. The fourth-order valence-electron chi connectivity index (χ4n) is 4.39. The highest BCUT2D eigenvalue weighted by molar-refractivity contribution is 5.94. The molecular weight excluding hydrogens is 428 g/mol. The van der Waals surface area contributed by atoms with Gasteiger partial charge in [-0.3, -0.25) is 9.59 Å². The van der Waals surface area contributed by atoms with Crippen molar-refractivity contribution >= 4 is 17.6 Å². The van der Waals surface area contributed by atoms with Crippen molar-refractivity contribution in [2.75, 3.05) is 25.5 Å². The third-order valence-corrected chi connectivity index (χ3v) is 6.25. The number of ether oxygens (including phenoxy) is 1. The summed E-state index contributed by atoms with van der Waals surface area (Å²) in [4.78, 5) is 28.1. The van der Waals surface area contributed by atoms with Gasteiger partial charge in [0.05, 0.1) is 25.0 Å². The Balaban J connectivity index is 1.82.